The molecular weight excluding hydrogens is 264 g/mol. The van der Waals surface area contributed by atoms with Crippen LogP contribution in [0.15, 0.2) is 0 Å². The molecule has 1 aromatic rings. The average molecular weight is 282 g/mol. The highest BCUT2D eigenvalue weighted by atomic mass is 16.6. The van der Waals surface area contributed by atoms with Gasteiger partial charge in [-0.05, 0) is 27.7 Å². The lowest BCUT2D eigenvalue weighted by Crippen LogP contribution is -2.25. The van der Waals surface area contributed by atoms with Crippen LogP contribution < -0.4 is 5.32 Å². The summed E-state index contributed by atoms with van der Waals surface area (Å²) in [5.74, 6) is -0.511. The van der Waals surface area contributed by atoms with Crippen molar-refractivity contribution in [3.8, 4) is 0 Å². The van der Waals surface area contributed by atoms with Gasteiger partial charge < -0.3 is 14.8 Å². The topological polar surface area (TPSA) is 95.3 Å². The number of esters is 1. The monoisotopic (exact) mass is 282 g/mol. The number of aromatic nitrogens is 3. The zero-order valence-corrected chi connectivity index (χ0v) is 12.0. The van der Waals surface area contributed by atoms with Crippen molar-refractivity contribution in [3.05, 3.63) is 11.4 Å². The van der Waals surface area contributed by atoms with Crippen molar-refractivity contribution in [1.82, 2.24) is 20.3 Å². The van der Waals surface area contributed by atoms with Crippen molar-refractivity contribution >= 4 is 12.1 Å². The molecule has 2 rings (SSSR count). The first-order valence-corrected chi connectivity index (χ1v) is 6.34. The lowest BCUT2D eigenvalue weighted by atomic mass is 10.2. The Morgan fingerprint density at radius 1 is 1.55 bits per heavy atom. The molecule has 1 N–H and O–H groups in total. The summed E-state index contributed by atoms with van der Waals surface area (Å²) in [7, 11) is 0. The standard InChI is InChI=1S/C12H18N4O4/c1-7-9(10(17)20-12(2,3)4)14-15-16(7)6-8-5-13-11(18)19-8/h8H,5-6H2,1-4H3,(H,13,18). The molecule has 1 amide bonds. The van der Waals surface area contributed by atoms with E-state index in [-0.39, 0.29) is 11.8 Å². The normalized spacial score (nSPS) is 18.6. The fraction of sp³-hybridized carbons (Fsp3) is 0.667. The molecule has 1 unspecified atom stereocenters. The molecular formula is C12H18N4O4. The van der Waals surface area contributed by atoms with Crippen LogP contribution >= 0.6 is 0 Å². The van der Waals surface area contributed by atoms with Gasteiger partial charge in [-0.25, -0.2) is 14.3 Å². The molecule has 0 saturated carbocycles. The molecule has 20 heavy (non-hydrogen) atoms. The zero-order chi connectivity index (χ0) is 14.9. The van der Waals surface area contributed by atoms with E-state index in [2.05, 4.69) is 15.6 Å². The van der Waals surface area contributed by atoms with Gasteiger partial charge in [-0.3, -0.25) is 0 Å². The van der Waals surface area contributed by atoms with E-state index in [1.807, 2.05) is 0 Å². The highest BCUT2D eigenvalue weighted by Gasteiger charge is 2.27. The number of hydrogen-bond acceptors (Lipinski definition) is 6. The number of hydrogen-bond donors (Lipinski definition) is 1. The van der Waals surface area contributed by atoms with E-state index in [1.54, 1.807) is 27.7 Å². The SMILES string of the molecule is Cc1c(C(=O)OC(C)(C)C)nnn1CC1CNC(=O)O1. The first-order chi connectivity index (χ1) is 9.26. The number of carbonyl (C=O) groups is 2. The average Bonchev–Trinajstić information content (AvgIpc) is 2.85. The summed E-state index contributed by atoms with van der Waals surface area (Å²) < 4.78 is 11.8. The molecule has 0 bridgehead atoms. The molecule has 8 heteroatoms. The highest BCUT2D eigenvalue weighted by Crippen LogP contribution is 2.14. The Kier molecular flexibility index (Phi) is 3.65. The van der Waals surface area contributed by atoms with Crippen molar-refractivity contribution in [1.29, 1.82) is 0 Å². The molecule has 2 heterocycles. The van der Waals surface area contributed by atoms with Gasteiger partial charge in [-0.2, -0.15) is 0 Å². The Morgan fingerprint density at radius 3 is 2.80 bits per heavy atom. The van der Waals surface area contributed by atoms with Crippen LogP contribution in [0.5, 0.6) is 0 Å². The van der Waals surface area contributed by atoms with E-state index >= 15 is 0 Å². The number of nitrogens with one attached hydrogen (secondary N) is 1. The molecule has 8 nitrogen and oxygen atoms in total. The van der Waals surface area contributed by atoms with Gasteiger partial charge in [-0.15, -0.1) is 5.10 Å². The third-order valence-corrected chi connectivity index (χ3v) is 2.70. The van der Waals surface area contributed by atoms with Crippen LogP contribution in [0, 0.1) is 6.92 Å². The molecule has 0 aliphatic carbocycles. The maximum atomic E-state index is 11.9. The molecule has 110 valence electrons. The fourth-order valence-electron chi connectivity index (χ4n) is 1.78. The summed E-state index contributed by atoms with van der Waals surface area (Å²) in [5.41, 5.74) is 0.178. The van der Waals surface area contributed by atoms with Gasteiger partial charge in [0.05, 0.1) is 18.8 Å². The van der Waals surface area contributed by atoms with Gasteiger partial charge >= 0.3 is 12.1 Å². The molecule has 1 atom stereocenters. The molecule has 0 aromatic carbocycles. The molecule has 1 aromatic heterocycles. The van der Waals surface area contributed by atoms with Crippen molar-refractivity contribution in [3.63, 3.8) is 0 Å². The smallest absolute Gasteiger partial charge is 0.407 e. The maximum Gasteiger partial charge on any atom is 0.407 e. The van der Waals surface area contributed by atoms with E-state index < -0.39 is 17.7 Å². The van der Waals surface area contributed by atoms with Gasteiger partial charge in [0.25, 0.3) is 0 Å². The number of alkyl carbamates (subject to hydrolysis) is 1. The van der Waals surface area contributed by atoms with Gasteiger partial charge in [0, 0.05) is 0 Å². The maximum absolute atomic E-state index is 11.9. The quantitative estimate of drug-likeness (QED) is 0.818. The molecule has 1 aliphatic heterocycles. The second kappa shape index (κ2) is 5.10. The summed E-state index contributed by atoms with van der Waals surface area (Å²) in [4.78, 5) is 22.9. The van der Waals surface area contributed by atoms with Crippen LogP contribution in [0.1, 0.15) is 37.0 Å². The minimum Gasteiger partial charge on any atom is -0.455 e. The minimum atomic E-state index is -0.585. The number of nitrogens with zero attached hydrogens (tertiary/aromatic N) is 3. The predicted molar refractivity (Wildman–Crippen MR) is 68.2 cm³/mol. The Labute approximate surface area is 116 Å². The van der Waals surface area contributed by atoms with Crippen molar-refractivity contribution in [2.24, 2.45) is 0 Å². The number of carbonyl (C=O) groups excluding carboxylic acids is 2. The highest BCUT2D eigenvalue weighted by molar-refractivity contribution is 5.88. The van der Waals surface area contributed by atoms with E-state index in [0.717, 1.165) is 0 Å². The van der Waals surface area contributed by atoms with Crippen molar-refractivity contribution in [2.45, 2.75) is 45.9 Å². The molecule has 0 radical (unpaired) electrons. The van der Waals surface area contributed by atoms with E-state index in [4.69, 9.17) is 9.47 Å². The van der Waals surface area contributed by atoms with E-state index in [9.17, 15) is 9.59 Å². The van der Waals surface area contributed by atoms with Crippen LogP contribution in [0.3, 0.4) is 0 Å². The van der Waals surface area contributed by atoms with Crippen molar-refractivity contribution < 1.29 is 19.1 Å². The van der Waals surface area contributed by atoms with Gasteiger partial charge in [-0.1, -0.05) is 5.21 Å². The predicted octanol–water partition coefficient (Wildman–Crippen LogP) is 0.650. The first-order valence-electron chi connectivity index (χ1n) is 6.34. The summed E-state index contributed by atoms with van der Waals surface area (Å²) in [6.45, 7) is 7.85. The minimum absolute atomic E-state index is 0.178. The summed E-state index contributed by atoms with van der Waals surface area (Å²) in [6.07, 6.45) is -0.755. The summed E-state index contributed by atoms with van der Waals surface area (Å²) >= 11 is 0. The Hall–Kier alpha value is -2.12. The van der Waals surface area contributed by atoms with Crippen molar-refractivity contribution in [2.75, 3.05) is 6.54 Å². The van der Waals surface area contributed by atoms with E-state index in [1.165, 1.54) is 4.68 Å². The van der Waals surface area contributed by atoms with Gasteiger partial charge in [0.15, 0.2) is 5.69 Å². The molecule has 1 fully saturated rings. The first kappa shape index (κ1) is 14.3. The van der Waals surface area contributed by atoms with Crippen LogP contribution in [-0.4, -0.2) is 45.3 Å². The molecule has 1 aliphatic rings. The third kappa shape index (κ3) is 3.25. The summed E-state index contributed by atoms with van der Waals surface area (Å²) in [6, 6.07) is 0. The van der Waals surface area contributed by atoms with Crippen LogP contribution in [-0.2, 0) is 16.0 Å². The number of ether oxygens (including phenoxy) is 2. The third-order valence-electron chi connectivity index (χ3n) is 2.70. The largest absolute Gasteiger partial charge is 0.455 e. The summed E-state index contributed by atoms with van der Waals surface area (Å²) in [5, 5.41) is 10.3. The lowest BCUT2D eigenvalue weighted by Gasteiger charge is -2.18. The number of cyclic esters (lactones) is 1. The Bertz CT molecular complexity index is 532. The number of amides is 1. The lowest BCUT2D eigenvalue weighted by molar-refractivity contribution is 0.00616. The zero-order valence-electron chi connectivity index (χ0n) is 12.0. The second-order valence-electron chi connectivity index (χ2n) is 5.62. The Morgan fingerprint density at radius 2 is 2.25 bits per heavy atom. The van der Waals surface area contributed by atoms with Gasteiger partial charge in [0.1, 0.15) is 11.7 Å². The molecule has 0 spiro atoms. The number of rotatable bonds is 3. The van der Waals surface area contributed by atoms with Crippen LogP contribution in [0.25, 0.3) is 0 Å². The second-order valence-corrected chi connectivity index (χ2v) is 5.62. The Balaban J connectivity index is 2.07. The molecule has 1 saturated heterocycles. The van der Waals surface area contributed by atoms with Crippen LogP contribution in [0.4, 0.5) is 4.79 Å². The van der Waals surface area contributed by atoms with Crippen LogP contribution in [0.2, 0.25) is 0 Å². The van der Waals surface area contributed by atoms with E-state index in [0.29, 0.717) is 18.8 Å². The fourth-order valence-corrected chi connectivity index (χ4v) is 1.78. The van der Waals surface area contributed by atoms with Gasteiger partial charge in [0.2, 0.25) is 0 Å².